The van der Waals surface area contributed by atoms with Crippen molar-refractivity contribution in [3.05, 3.63) is 28.8 Å². The largest absolute Gasteiger partial charge is 0.492 e. The van der Waals surface area contributed by atoms with Crippen molar-refractivity contribution in [3.8, 4) is 5.75 Å². The van der Waals surface area contributed by atoms with E-state index in [1.165, 1.54) is 6.07 Å². The maximum atomic E-state index is 13.9. The maximum absolute atomic E-state index is 13.9. The number of rotatable bonds is 7. The number of methoxy groups -OCH3 is 1. The molecule has 0 saturated heterocycles. The molecule has 0 unspecified atom stereocenters. The normalized spacial score (nSPS) is 11.1. The number of ether oxygens (including phenoxy) is 2. The summed E-state index contributed by atoms with van der Waals surface area (Å²) >= 11 is 5.85. The molecule has 1 rings (SSSR count). The molecule has 0 heterocycles. The van der Waals surface area contributed by atoms with Gasteiger partial charge in [-0.3, -0.25) is 4.79 Å². The van der Waals surface area contributed by atoms with E-state index in [-0.39, 0.29) is 10.8 Å². The number of Topliss-reactive ketones (excluding diaryl/α,β-unsaturated/α-hetero) is 1. The molecule has 116 valence electrons. The number of unbranched alkanes of at least 4 members (excludes halogenated alkanes) is 1. The topological polar surface area (TPSA) is 52.6 Å². The zero-order valence-electron chi connectivity index (χ0n) is 11.6. The predicted molar refractivity (Wildman–Crippen MR) is 72.8 cm³/mol. The van der Waals surface area contributed by atoms with Crippen molar-refractivity contribution in [2.24, 2.45) is 0 Å². The first-order chi connectivity index (χ1) is 9.84. The quantitative estimate of drug-likeness (QED) is 0.439. The van der Waals surface area contributed by atoms with Crippen molar-refractivity contribution in [2.45, 2.75) is 25.7 Å². The number of benzene rings is 1. The van der Waals surface area contributed by atoms with Crippen molar-refractivity contribution in [1.29, 1.82) is 0 Å². The van der Waals surface area contributed by atoms with Gasteiger partial charge < -0.3 is 9.47 Å². The van der Waals surface area contributed by atoms with Crippen LogP contribution in [-0.2, 0) is 20.2 Å². The van der Waals surface area contributed by atoms with Gasteiger partial charge in [-0.25, -0.2) is 4.79 Å². The zero-order valence-corrected chi connectivity index (χ0v) is 12.4. The van der Waals surface area contributed by atoms with Gasteiger partial charge in [0.05, 0.1) is 18.7 Å². The van der Waals surface area contributed by atoms with Crippen molar-refractivity contribution >= 4 is 23.4 Å². The van der Waals surface area contributed by atoms with Crippen LogP contribution in [0.4, 0.5) is 8.78 Å². The Morgan fingerprint density at radius 2 is 2.00 bits per heavy atom. The summed E-state index contributed by atoms with van der Waals surface area (Å²) in [7, 11) is 0.859. The first-order valence-electron chi connectivity index (χ1n) is 6.28. The van der Waals surface area contributed by atoms with Gasteiger partial charge >= 0.3 is 17.7 Å². The van der Waals surface area contributed by atoms with Gasteiger partial charge in [-0.05, 0) is 18.6 Å². The lowest BCUT2D eigenvalue weighted by molar-refractivity contribution is -0.165. The van der Waals surface area contributed by atoms with Crippen LogP contribution in [0.25, 0.3) is 0 Å². The highest BCUT2D eigenvalue weighted by Crippen LogP contribution is 2.35. The summed E-state index contributed by atoms with van der Waals surface area (Å²) in [4.78, 5) is 22.3. The molecule has 0 aromatic heterocycles. The first kappa shape index (κ1) is 17.4. The molecule has 0 aliphatic heterocycles. The van der Waals surface area contributed by atoms with E-state index < -0.39 is 23.2 Å². The van der Waals surface area contributed by atoms with E-state index in [1.54, 1.807) is 0 Å². The Kier molecular flexibility index (Phi) is 6.08. The molecule has 0 aliphatic carbocycles. The molecule has 0 fully saturated rings. The average Bonchev–Trinajstić information content (AvgIpc) is 2.47. The number of ketones is 1. The van der Waals surface area contributed by atoms with Gasteiger partial charge in [0.1, 0.15) is 5.75 Å². The van der Waals surface area contributed by atoms with Crippen LogP contribution in [0.1, 0.15) is 25.3 Å². The molecule has 21 heavy (non-hydrogen) atoms. The smallest absolute Gasteiger partial charge is 0.381 e. The van der Waals surface area contributed by atoms with Crippen LogP contribution in [0.3, 0.4) is 0 Å². The van der Waals surface area contributed by atoms with Crippen LogP contribution in [0.2, 0.25) is 5.02 Å². The maximum Gasteiger partial charge on any atom is 0.381 e. The average molecular weight is 321 g/mol. The van der Waals surface area contributed by atoms with Crippen molar-refractivity contribution < 1.29 is 27.8 Å². The van der Waals surface area contributed by atoms with Gasteiger partial charge in [-0.15, -0.1) is 0 Å². The lowest BCUT2D eigenvalue weighted by Gasteiger charge is -2.16. The molecule has 7 heteroatoms. The molecule has 1 aromatic carbocycles. The predicted octanol–water partition coefficient (Wildman–Crippen LogP) is 3.35. The summed E-state index contributed by atoms with van der Waals surface area (Å²) in [5.74, 6) is -7.50. The van der Waals surface area contributed by atoms with Crippen LogP contribution < -0.4 is 4.74 Å². The number of carbonyl (C=O) groups excluding carboxylic acids is 2. The molecule has 0 N–H and O–H groups in total. The van der Waals surface area contributed by atoms with E-state index in [0.29, 0.717) is 6.61 Å². The van der Waals surface area contributed by atoms with Crippen LogP contribution in [-0.4, -0.2) is 25.5 Å². The molecule has 0 aliphatic rings. The van der Waals surface area contributed by atoms with Gasteiger partial charge in [0.2, 0.25) is 0 Å². The van der Waals surface area contributed by atoms with E-state index in [9.17, 15) is 18.4 Å². The summed E-state index contributed by atoms with van der Waals surface area (Å²) in [5, 5.41) is 0.149. The fraction of sp³-hybridized carbons (Fsp3) is 0.429. The van der Waals surface area contributed by atoms with Gasteiger partial charge in [0.25, 0.3) is 0 Å². The van der Waals surface area contributed by atoms with E-state index in [4.69, 9.17) is 16.3 Å². The fourth-order valence-electron chi connectivity index (χ4n) is 1.49. The molecule has 0 amide bonds. The Hall–Kier alpha value is -1.69. The third-order valence-corrected chi connectivity index (χ3v) is 3.02. The molecule has 4 nitrogen and oxygen atoms in total. The van der Waals surface area contributed by atoms with E-state index >= 15 is 0 Å². The highest BCUT2D eigenvalue weighted by atomic mass is 35.5. The van der Waals surface area contributed by atoms with Gasteiger partial charge in [-0.1, -0.05) is 31.0 Å². The highest BCUT2D eigenvalue weighted by Gasteiger charge is 2.46. The van der Waals surface area contributed by atoms with E-state index in [2.05, 4.69) is 4.74 Å². The molecule has 0 atom stereocenters. The molecule has 0 bridgehead atoms. The number of carbonyl (C=O) groups is 2. The highest BCUT2D eigenvalue weighted by molar-refractivity contribution is 6.36. The van der Waals surface area contributed by atoms with Crippen molar-refractivity contribution in [2.75, 3.05) is 13.7 Å². The lowest BCUT2D eigenvalue weighted by Crippen LogP contribution is -2.33. The minimum Gasteiger partial charge on any atom is -0.492 e. The Bertz CT molecular complexity index is 532. The minimum atomic E-state index is -4.00. The lowest BCUT2D eigenvalue weighted by atomic mass is 10.0. The SMILES string of the molecule is CCCCOc1cc(C(F)(F)C(=O)C(=O)OC)ccc1Cl. The Labute approximate surface area is 126 Å². The molecular formula is C14H15ClF2O4. The second-order valence-corrected chi connectivity index (χ2v) is 4.65. The summed E-state index contributed by atoms with van der Waals surface area (Å²) in [6, 6.07) is 3.12. The van der Waals surface area contributed by atoms with Gasteiger partial charge in [0, 0.05) is 5.56 Å². The molecular weight excluding hydrogens is 306 g/mol. The second-order valence-electron chi connectivity index (χ2n) is 4.24. The monoisotopic (exact) mass is 320 g/mol. The summed E-state index contributed by atoms with van der Waals surface area (Å²) in [6.45, 7) is 2.26. The third kappa shape index (κ3) is 4.14. The number of hydrogen-bond donors (Lipinski definition) is 0. The second kappa shape index (κ2) is 7.36. The molecule has 0 spiro atoms. The number of hydrogen-bond acceptors (Lipinski definition) is 4. The number of alkyl halides is 2. The summed E-state index contributed by atoms with van der Waals surface area (Å²) in [5.41, 5.74) is -0.672. The van der Waals surface area contributed by atoms with Crippen LogP contribution >= 0.6 is 11.6 Å². The number of esters is 1. The molecule has 0 saturated carbocycles. The third-order valence-electron chi connectivity index (χ3n) is 2.71. The Balaban J connectivity index is 3.04. The van der Waals surface area contributed by atoms with Crippen LogP contribution in [0, 0.1) is 0 Å². The summed E-state index contributed by atoms with van der Waals surface area (Å²) < 4.78 is 37.2. The Morgan fingerprint density at radius 1 is 1.33 bits per heavy atom. The first-order valence-corrected chi connectivity index (χ1v) is 6.65. The van der Waals surface area contributed by atoms with Gasteiger partial charge in [-0.2, -0.15) is 8.78 Å². The van der Waals surface area contributed by atoms with E-state index in [0.717, 1.165) is 32.1 Å². The Morgan fingerprint density at radius 3 is 2.57 bits per heavy atom. The molecule has 0 radical (unpaired) electrons. The van der Waals surface area contributed by atoms with Crippen LogP contribution in [0.5, 0.6) is 5.75 Å². The van der Waals surface area contributed by atoms with Crippen molar-refractivity contribution in [1.82, 2.24) is 0 Å². The fourth-order valence-corrected chi connectivity index (χ4v) is 1.66. The van der Waals surface area contributed by atoms with Crippen LogP contribution in [0.15, 0.2) is 18.2 Å². The van der Waals surface area contributed by atoms with Crippen molar-refractivity contribution in [3.63, 3.8) is 0 Å². The van der Waals surface area contributed by atoms with Gasteiger partial charge in [0.15, 0.2) is 0 Å². The minimum absolute atomic E-state index is 0.0416. The number of halogens is 3. The molecule has 1 aromatic rings. The standard InChI is InChI=1S/C14H15ClF2O4/c1-3-4-7-21-11-8-9(5-6-10(11)15)14(16,17)12(18)13(19)20-2/h5-6,8H,3-4,7H2,1-2H3. The summed E-state index contributed by atoms with van der Waals surface area (Å²) in [6.07, 6.45) is 1.60. The zero-order chi connectivity index (χ0) is 16.0. The van der Waals surface area contributed by atoms with E-state index in [1.807, 2.05) is 6.92 Å².